The average molecular weight is 338 g/mol. The summed E-state index contributed by atoms with van der Waals surface area (Å²) in [6.07, 6.45) is 1.15. The van der Waals surface area contributed by atoms with Crippen LogP contribution < -0.4 is 5.32 Å². The smallest absolute Gasteiger partial charge is 0.252 e. The maximum absolute atomic E-state index is 12.7. The Morgan fingerprint density at radius 1 is 1.27 bits per heavy atom. The zero-order valence-electron chi connectivity index (χ0n) is 12.3. The number of nitrogens with one attached hydrogen (secondary N) is 1. The Balaban J connectivity index is 1.80. The van der Waals surface area contributed by atoms with Gasteiger partial charge in [0.1, 0.15) is 4.21 Å². The van der Waals surface area contributed by atoms with Crippen molar-refractivity contribution in [2.75, 3.05) is 20.1 Å². The van der Waals surface area contributed by atoms with Crippen molar-refractivity contribution >= 4 is 37.4 Å². The molecule has 1 saturated heterocycles. The van der Waals surface area contributed by atoms with Gasteiger partial charge in [-0.15, -0.1) is 11.3 Å². The maximum atomic E-state index is 12.7. The van der Waals surface area contributed by atoms with Crippen molar-refractivity contribution in [3.63, 3.8) is 0 Å². The molecule has 0 saturated carbocycles. The molecule has 1 aliphatic rings. The normalized spacial score (nSPS) is 17.7. The lowest BCUT2D eigenvalue weighted by Gasteiger charge is -2.29. The minimum absolute atomic E-state index is 0.00101. The van der Waals surface area contributed by atoms with Gasteiger partial charge >= 0.3 is 0 Å². The van der Waals surface area contributed by atoms with Gasteiger partial charge in [-0.05, 0) is 30.4 Å². The Morgan fingerprint density at radius 2 is 1.95 bits per heavy atom. The second kappa shape index (κ2) is 5.98. The van der Waals surface area contributed by atoms with E-state index in [1.54, 1.807) is 13.1 Å². The number of thiophene rings is 1. The van der Waals surface area contributed by atoms with Crippen LogP contribution in [-0.4, -0.2) is 38.8 Å². The molecule has 1 fully saturated rings. The van der Waals surface area contributed by atoms with E-state index in [9.17, 15) is 13.2 Å². The van der Waals surface area contributed by atoms with Crippen molar-refractivity contribution in [1.82, 2.24) is 9.62 Å². The number of piperidine rings is 1. The second-order valence-corrected chi connectivity index (χ2v) is 8.64. The summed E-state index contributed by atoms with van der Waals surface area (Å²) in [6, 6.07) is 9.39. The molecule has 1 aliphatic heterocycles. The van der Waals surface area contributed by atoms with Gasteiger partial charge in [-0.25, -0.2) is 8.42 Å². The van der Waals surface area contributed by atoms with Crippen molar-refractivity contribution in [3.05, 3.63) is 30.3 Å². The van der Waals surface area contributed by atoms with Gasteiger partial charge in [0.25, 0.3) is 10.0 Å². The molecule has 0 unspecified atom stereocenters. The van der Waals surface area contributed by atoms with Gasteiger partial charge in [0.15, 0.2) is 0 Å². The third-order valence-corrected chi connectivity index (χ3v) is 7.53. The topological polar surface area (TPSA) is 66.5 Å². The maximum Gasteiger partial charge on any atom is 0.252 e. The van der Waals surface area contributed by atoms with Crippen LogP contribution in [-0.2, 0) is 14.8 Å². The fourth-order valence-corrected chi connectivity index (χ4v) is 5.80. The lowest BCUT2D eigenvalue weighted by molar-refractivity contribution is -0.125. The zero-order chi connectivity index (χ0) is 15.7. The number of benzene rings is 1. The molecule has 0 spiro atoms. The molecule has 118 valence electrons. The summed E-state index contributed by atoms with van der Waals surface area (Å²) in [5.74, 6) is -0.0854. The Hall–Kier alpha value is -1.44. The molecule has 2 aromatic rings. The number of carbonyl (C=O) groups excluding carboxylic acids is 1. The molecule has 0 atom stereocenters. The molecule has 1 amide bonds. The van der Waals surface area contributed by atoms with Crippen LogP contribution in [0.4, 0.5) is 0 Å². The molecule has 0 aliphatic carbocycles. The highest BCUT2D eigenvalue weighted by atomic mass is 32.2. The number of sulfonamides is 1. The third kappa shape index (κ3) is 2.76. The fourth-order valence-electron chi connectivity index (χ4n) is 2.77. The Bertz CT molecular complexity index is 757. The molecular weight excluding hydrogens is 320 g/mol. The van der Waals surface area contributed by atoms with Crippen LogP contribution in [0.2, 0.25) is 0 Å². The summed E-state index contributed by atoms with van der Waals surface area (Å²) in [4.78, 5) is 11.6. The minimum Gasteiger partial charge on any atom is -0.359 e. The van der Waals surface area contributed by atoms with Crippen LogP contribution in [0.25, 0.3) is 10.1 Å². The number of hydrogen-bond acceptors (Lipinski definition) is 4. The van der Waals surface area contributed by atoms with E-state index in [-0.39, 0.29) is 11.8 Å². The zero-order valence-corrected chi connectivity index (χ0v) is 13.9. The number of rotatable bonds is 3. The molecule has 1 aromatic carbocycles. The molecule has 7 heteroatoms. The predicted octanol–water partition coefficient (Wildman–Crippen LogP) is 2.05. The van der Waals surface area contributed by atoms with E-state index in [4.69, 9.17) is 0 Å². The van der Waals surface area contributed by atoms with Gasteiger partial charge in [-0.3, -0.25) is 4.79 Å². The highest BCUT2D eigenvalue weighted by Gasteiger charge is 2.32. The lowest BCUT2D eigenvalue weighted by Crippen LogP contribution is -2.42. The van der Waals surface area contributed by atoms with Crippen LogP contribution in [0, 0.1) is 5.92 Å². The first-order valence-electron chi connectivity index (χ1n) is 7.22. The minimum atomic E-state index is -3.46. The van der Waals surface area contributed by atoms with Crippen LogP contribution in [0.3, 0.4) is 0 Å². The molecule has 1 aromatic heterocycles. The first kappa shape index (κ1) is 15.5. The van der Waals surface area contributed by atoms with Gasteiger partial charge in [0, 0.05) is 30.8 Å². The number of fused-ring (bicyclic) bond motifs is 1. The first-order valence-corrected chi connectivity index (χ1v) is 9.48. The Labute approximate surface area is 134 Å². The van der Waals surface area contributed by atoms with Crippen molar-refractivity contribution in [2.24, 2.45) is 5.92 Å². The molecule has 5 nitrogen and oxygen atoms in total. The van der Waals surface area contributed by atoms with E-state index < -0.39 is 10.0 Å². The van der Waals surface area contributed by atoms with E-state index in [1.807, 2.05) is 24.3 Å². The number of carbonyl (C=O) groups is 1. The van der Waals surface area contributed by atoms with Crippen LogP contribution >= 0.6 is 11.3 Å². The van der Waals surface area contributed by atoms with E-state index >= 15 is 0 Å². The van der Waals surface area contributed by atoms with Crippen molar-refractivity contribution in [1.29, 1.82) is 0 Å². The molecule has 0 bridgehead atoms. The Kier molecular flexibility index (Phi) is 4.20. The highest BCUT2D eigenvalue weighted by molar-refractivity contribution is 7.91. The first-order chi connectivity index (χ1) is 10.5. The van der Waals surface area contributed by atoms with Crippen LogP contribution in [0.5, 0.6) is 0 Å². The summed E-state index contributed by atoms with van der Waals surface area (Å²) in [5.41, 5.74) is 0. The van der Waals surface area contributed by atoms with Crippen LogP contribution in [0.1, 0.15) is 12.8 Å². The van der Waals surface area contributed by atoms with E-state index in [0.29, 0.717) is 30.1 Å². The summed E-state index contributed by atoms with van der Waals surface area (Å²) < 4.78 is 28.3. The van der Waals surface area contributed by atoms with E-state index in [0.717, 1.165) is 10.1 Å². The molecule has 2 heterocycles. The molecule has 3 rings (SSSR count). The number of nitrogens with zero attached hydrogens (tertiary/aromatic N) is 1. The van der Waals surface area contributed by atoms with Crippen molar-refractivity contribution in [2.45, 2.75) is 17.1 Å². The number of hydrogen-bond donors (Lipinski definition) is 1. The summed E-state index contributed by atoms with van der Waals surface area (Å²) in [7, 11) is -1.85. The van der Waals surface area contributed by atoms with Gasteiger partial charge < -0.3 is 5.32 Å². The summed E-state index contributed by atoms with van der Waals surface area (Å²) in [6.45, 7) is 0.795. The standard InChI is InChI=1S/C15H18N2O3S2/c1-16-15(18)11-6-8-17(9-7-11)22(19,20)14-10-12-4-2-3-5-13(12)21-14/h2-5,10-11H,6-9H2,1H3,(H,16,18). The predicted molar refractivity (Wildman–Crippen MR) is 87.4 cm³/mol. The fraction of sp³-hybridized carbons (Fsp3) is 0.400. The van der Waals surface area contributed by atoms with Crippen molar-refractivity contribution < 1.29 is 13.2 Å². The van der Waals surface area contributed by atoms with E-state index in [1.165, 1.54) is 15.6 Å². The summed E-state index contributed by atoms with van der Waals surface area (Å²) in [5, 5.41) is 3.58. The van der Waals surface area contributed by atoms with Gasteiger partial charge in [-0.1, -0.05) is 18.2 Å². The largest absolute Gasteiger partial charge is 0.359 e. The molecule has 1 N–H and O–H groups in total. The van der Waals surface area contributed by atoms with Crippen molar-refractivity contribution in [3.8, 4) is 0 Å². The molecule has 22 heavy (non-hydrogen) atoms. The van der Waals surface area contributed by atoms with Gasteiger partial charge in [0.2, 0.25) is 5.91 Å². The molecule has 0 radical (unpaired) electrons. The Morgan fingerprint density at radius 3 is 2.59 bits per heavy atom. The lowest BCUT2D eigenvalue weighted by atomic mass is 9.97. The quantitative estimate of drug-likeness (QED) is 0.931. The monoisotopic (exact) mass is 338 g/mol. The van der Waals surface area contributed by atoms with Gasteiger partial charge in [-0.2, -0.15) is 4.31 Å². The third-order valence-electron chi connectivity index (χ3n) is 4.07. The second-order valence-electron chi connectivity index (χ2n) is 5.40. The molecular formula is C15H18N2O3S2. The van der Waals surface area contributed by atoms with E-state index in [2.05, 4.69) is 5.32 Å². The van der Waals surface area contributed by atoms with Crippen LogP contribution in [0.15, 0.2) is 34.5 Å². The summed E-state index contributed by atoms with van der Waals surface area (Å²) >= 11 is 1.30. The van der Waals surface area contributed by atoms with Gasteiger partial charge in [0.05, 0.1) is 0 Å². The number of amides is 1. The highest BCUT2D eigenvalue weighted by Crippen LogP contribution is 2.32. The average Bonchev–Trinajstić information content (AvgIpc) is 2.99. The SMILES string of the molecule is CNC(=O)C1CCN(S(=O)(=O)c2cc3ccccc3s2)CC1.